The number of pyridine rings is 2. The number of hydrogen-bond donors (Lipinski definition) is 3. The fourth-order valence-corrected chi connectivity index (χ4v) is 2.41. The summed E-state index contributed by atoms with van der Waals surface area (Å²) in [6.45, 7) is -0.339. The molecule has 6 heteroatoms. The lowest BCUT2D eigenvalue weighted by molar-refractivity contribution is -0.0228. The smallest absolute Gasteiger partial charge is 0.113 e. The Balaban J connectivity index is 1.82. The molecule has 0 unspecified atom stereocenters. The van der Waals surface area contributed by atoms with Crippen LogP contribution in [0, 0.1) is 0 Å². The molecule has 0 saturated carbocycles. The molecule has 1 aliphatic heterocycles. The molecule has 1 saturated heterocycles. The quantitative estimate of drug-likeness (QED) is 0.751. The van der Waals surface area contributed by atoms with Gasteiger partial charge in [0.2, 0.25) is 0 Å². The van der Waals surface area contributed by atoms with Gasteiger partial charge in [0.1, 0.15) is 24.4 Å². The first-order valence-corrected chi connectivity index (χ1v) is 6.70. The Labute approximate surface area is 121 Å². The van der Waals surface area contributed by atoms with Crippen LogP contribution in [0.2, 0.25) is 0 Å². The lowest BCUT2D eigenvalue weighted by Gasteiger charge is -2.14. The Bertz CT molecular complexity index is 590. The molecule has 0 aromatic carbocycles. The zero-order valence-corrected chi connectivity index (χ0v) is 11.2. The maximum atomic E-state index is 9.97. The van der Waals surface area contributed by atoms with Crippen molar-refractivity contribution in [2.24, 2.45) is 0 Å². The van der Waals surface area contributed by atoms with E-state index in [2.05, 4.69) is 9.97 Å². The van der Waals surface area contributed by atoms with Crippen molar-refractivity contribution in [3.8, 4) is 11.4 Å². The highest BCUT2D eigenvalue weighted by Crippen LogP contribution is 2.33. The van der Waals surface area contributed by atoms with Crippen molar-refractivity contribution >= 4 is 0 Å². The average Bonchev–Trinajstić information content (AvgIpc) is 2.84. The molecule has 2 aromatic heterocycles. The van der Waals surface area contributed by atoms with Crippen LogP contribution in [0.5, 0.6) is 0 Å². The highest BCUT2D eigenvalue weighted by Gasteiger charge is 2.43. The molecular formula is C15H16N2O4. The van der Waals surface area contributed by atoms with Crippen molar-refractivity contribution in [2.75, 3.05) is 6.61 Å². The summed E-state index contributed by atoms with van der Waals surface area (Å²) >= 11 is 0. The summed E-state index contributed by atoms with van der Waals surface area (Å²) < 4.78 is 5.46. The van der Waals surface area contributed by atoms with Crippen molar-refractivity contribution in [1.29, 1.82) is 0 Å². The number of ether oxygens (including phenoxy) is 1. The first-order chi connectivity index (χ1) is 10.2. The Morgan fingerprint density at radius 1 is 1.00 bits per heavy atom. The molecule has 0 amide bonds. The van der Waals surface area contributed by atoms with Crippen LogP contribution in [-0.4, -0.2) is 50.2 Å². The second-order valence-corrected chi connectivity index (χ2v) is 4.95. The van der Waals surface area contributed by atoms with Crippen molar-refractivity contribution in [3.63, 3.8) is 0 Å². The number of aromatic nitrogens is 2. The van der Waals surface area contributed by atoms with Crippen LogP contribution in [0.4, 0.5) is 0 Å². The fourth-order valence-electron chi connectivity index (χ4n) is 2.41. The molecule has 3 N–H and O–H groups in total. The van der Waals surface area contributed by atoms with Gasteiger partial charge in [-0.25, -0.2) is 0 Å². The van der Waals surface area contributed by atoms with Gasteiger partial charge in [-0.2, -0.15) is 0 Å². The summed E-state index contributed by atoms with van der Waals surface area (Å²) in [5.41, 5.74) is 2.12. The molecule has 1 fully saturated rings. The highest BCUT2D eigenvalue weighted by molar-refractivity contribution is 5.53. The zero-order valence-electron chi connectivity index (χ0n) is 11.2. The van der Waals surface area contributed by atoms with Gasteiger partial charge in [0.25, 0.3) is 0 Å². The van der Waals surface area contributed by atoms with E-state index in [0.29, 0.717) is 11.3 Å². The van der Waals surface area contributed by atoms with Gasteiger partial charge < -0.3 is 20.1 Å². The largest absolute Gasteiger partial charge is 0.394 e. The Morgan fingerprint density at radius 3 is 2.38 bits per heavy atom. The second-order valence-electron chi connectivity index (χ2n) is 4.95. The third-order valence-electron chi connectivity index (χ3n) is 3.58. The van der Waals surface area contributed by atoms with E-state index in [1.807, 2.05) is 18.2 Å². The molecule has 110 valence electrons. The summed E-state index contributed by atoms with van der Waals surface area (Å²) in [5.74, 6) is 0. The van der Waals surface area contributed by atoms with Gasteiger partial charge in [0.05, 0.1) is 18.0 Å². The van der Waals surface area contributed by atoms with Crippen LogP contribution in [0.15, 0.2) is 42.7 Å². The number of aliphatic hydroxyl groups excluding tert-OH is 3. The summed E-state index contributed by atoms with van der Waals surface area (Å²) in [5, 5.41) is 28.8. The standard InChI is InChI=1S/C15H16N2O4/c18-8-12-13(19)14(20)15(21-12)9-4-5-11(17-7-9)10-3-1-2-6-16-10/h1-7,12-15,18-20H,8H2/t12-,13-,14-,15+/m1/s1. The van der Waals surface area contributed by atoms with E-state index in [0.717, 1.165) is 5.69 Å². The lowest BCUT2D eigenvalue weighted by Crippen LogP contribution is -2.32. The van der Waals surface area contributed by atoms with Gasteiger partial charge in [-0.05, 0) is 18.2 Å². The monoisotopic (exact) mass is 288 g/mol. The third-order valence-corrected chi connectivity index (χ3v) is 3.58. The Morgan fingerprint density at radius 2 is 1.81 bits per heavy atom. The summed E-state index contributed by atoms with van der Waals surface area (Å²) in [6.07, 6.45) is -0.371. The van der Waals surface area contributed by atoms with Gasteiger partial charge >= 0.3 is 0 Å². The molecule has 1 aliphatic rings. The Kier molecular flexibility index (Phi) is 3.94. The zero-order chi connectivity index (χ0) is 14.8. The van der Waals surface area contributed by atoms with Gasteiger partial charge in [-0.3, -0.25) is 9.97 Å². The van der Waals surface area contributed by atoms with Crippen LogP contribution in [0.3, 0.4) is 0 Å². The normalized spacial score (nSPS) is 28.7. The lowest BCUT2D eigenvalue weighted by atomic mass is 10.0. The third kappa shape index (κ3) is 2.66. The minimum atomic E-state index is -1.10. The molecule has 3 heterocycles. The minimum Gasteiger partial charge on any atom is -0.394 e. The number of nitrogens with zero attached hydrogens (tertiary/aromatic N) is 2. The van der Waals surface area contributed by atoms with Gasteiger partial charge in [0.15, 0.2) is 0 Å². The van der Waals surface area contributed by atoms with Crippen LogP contribution < -0.4 is 0 Å². The van der Waals surface area contributed by atoms with Crippen LogP contribution in [0.1, 0.15) is 11.7 Å². The topological polar surface area (TPSA) is 95.7 Å². The second kappa shape index (κ2) is 5.87. The number of hydrogen-bond acceptors (Lipinski definition) is 6. The molecule has 0 spiro atoms. The summed E-state index contributed by atoms with van der Waals surface area (Å²) in [7, 11) is 0. The van der Waals surface area contributed by atoms with E-state index >= 15 is 0 Å². The van der Waals surface area contributed by atoms with Crippen molar-refractivity contribution in [3.05, 3.63) is 48.3 Å². The molecule has 21 heavy (non-hydrogen) atoms. The fraction of sp³-hybridized carbons (Fsp3) is 0.333. The maximum Gasteiger partial charge on any atom is 0.113 e. The molecule has 0 radical (unpaired) electrons. The van der Waals surface area contributed by atoms with E-state index in [9.17, 15) is 10.2 Å². The van der Waals surface area contributed by atoms with Gasteiger partial charge in [-0.15, -0.1) is 0 Å². The van der Waals surface area contributed by atoms with Crippen molar-refractivity contribution < 1.29 is 20.1 Å². The van der Waals surface area contributed by atoms with E-state index < -0.39 is 24.4 Å². The van der Waals surface area contributed by atoms with E-state index in [1.165, 1.54) is 0 Å². The summed E-state index contributed by atoms with van der Waals surface area (Å²) in [6, 6.07) is 9.12. The molecule has 0 bridgehead atoms. The summed E-state index contributed by atoms with van der Waals surface area (Å²) in [4.78, 5) is 8.52. The predicted octanol–water partition coefficient (Wildman–Crippen LogP) is 0.298. The molecule has 3 rings (SSSR count). The first-order valence-electron chi connectivity index (χ1n) is 6.70. The first kappa shape index (κ1) is 14.1. The van der Waals surface area contributed by atoms with Gasteiger partial charge in [0, 0.05) is 18.0 Å². The maximum absolute atomic E-state index is 9.97. The molecule has 6 nitrogen and oxygen atoms in total. The Hall–Kier alpha value is -1.86. The van der Waals surface area contributed by atoms with Crippen LogP contribution in [-0.2, 0) is 4.74 Å². The minimum absolute atomic E-state index is 0.339. The molecule has 0 aliphatic carbocycles. The van der Waals surface area contributed by atoms with E-state index in [1.54, 1.807) is 24.5 Å². The molecule has 4 atom stereocenters. The average molecular weight is 288 g/mol. The van der Waals surface area contributed by atoms with Crippen molar-refractivity contribution in [1.82, 2.24) is 9.97 Å². The SMILES string of the molecule is OC[C@H]1O[C@@H](c2ccc(-c3ccccn3)nc2)[C@H](O)[C@@H]1O. The highest BCUT2D eigenvalue weighted by atomic mass is 16.6. The molecular weight excluding hydrogens is 272 g/mol. The predicted molar refractivity (Wildman–Crippen MR) is 74.2 cm³/mol. The van der Waals surface area contributed by atoms with Gasteiger partial charge in [-0.1, -0.05) is 12.1 Å². The van der Waals surface area contributed by atoms with E-state index in [4.69, 9.17) is 9.84 Å². The van der Waals surface area contributed by atoms with E-state index in [-0.39, 0.29) is 6.61 Å². The van der Waals surface area contributed by atoms with Crippen LogP contribution in [0.25, 0.3) is 11.4 Å². The number of rotatable bonds is 3. The van der Waals surface area contributed by atoms with Crippen molar-refractivity contribution in [2.45, 2.75) is 24.4 Å². The molecule has 2 aromatic rings. The number of aliphatic hydroxyl groups is 3. The van der Waals surface area contributed by atoms with Crippen LogP contribution >= 0.6 is 0 Å².